The van der Waals surface area contributed by atoms with Crippen LogP contribution in [0.15, 0.2) is 46.9 Å². The van der Waals surface area contributed by atoms with E-state index in [0.717, 1.165) is 10.0 Å². The van der Waals surface area contributed by atoms with E-state index in [0.29, 0.717) is 5.56 Å². The summed E-state index contributed by atoms with van der Waals surface area (Å²) < 4.78 is 14.2. The topological polar surface area (TPSA) is 0 Å². The Hall–Kier alpha value is -1.15. The van der Waals surface area contributed by atoms with E-state index < -0.39 is 0 Å². The van der Waals surface area contributed by atoms with Crippen LogP contribution in [0.3, 0.4) is 0 Å². The third-order valence-electron chi connectivity index (χ3n) is 1.95. The van der Waals surface area contributed by atoms with E-state index in [2.05, 4.69) is 22.0 Å². The summed E-state index contributed by atoms with van der Waals surface area (Å²) >= 11 is 3.31. The minimum absolute atomic E-state index is 0.203. The van der Waals surface area contributed by atoms with E-state index in [1.54, 1.807) is 18.2 Å². The summed E-state index contributed by atoms with van der Waals surface area (Å²) in [5.74, 6) is -0.203. The molecule has 2 aromatic carbocycles. The minimum atomic E-state index is -0.203. The summed E-state index contributed by atoms with van der Waals surface area (Å²) in [6.45, 7) is 0. The van der Waals surface area contributed by atoms with E-state index in [1.165, 1.54) is 6.07 Å². The molecule has 2 aromatic rings. The van der Waals surface area contributed by atoms with Crippen LogP contribution in [0.25, 0.3) is 11.1 Å². The van der Waals surface area contributed by atoms with Crippen molar-refractivity contribution in [2.45, 2.75) is 0 Å². The fourth-order valence-electron chi connectivity index (χ4n) is 1.30. The maximum absolute atomic E-state index is 13.4. The van der Waals surface area contributed by atoms with E-state index >= 15 is 0 Å². The van der Waals surface area contributed by atoms with Gasteiger partial charge in [-0.3, -0.25) is 0 Å². The molecular weight excluding hydrogens is 243 g/mol. The van der Waals surface area contributed by atoms with Crippen molar-refractivity contribution >= 4 is 15.9 Å². The largest absolute Gasteiger partial charge is 0.206 e. The van der Waals surface area contributed by atoms with Crippen LogP contribution in [0.5, 0.6) is 0 Å². The molecule has 0 aliphatic rings. The fraction of sp³-hybridized carbons (Fsp3) is 0. The highest BCUT2D eigenvalue weighted by atomic mass is 79.9. The minimum Gasteiger partial charge on any atom is -0.206 e. The predicted molar refractivity (Wildman–Crippen MR) is 58.4 cm³/mol. The molecule has 0 saturated heterocycles. The molecule has 0 fully saturated rings. The molecule has 1 radical (unpaired) electrons. The van der Waals surface area contributed by atoms with Crippen molar-refractivity contribution in [3.8, 4) is 11.1 Å². The van der Waals surface area contributed by atoms with Gasteiger partial charge in [0, 0.05) is 10.0 Å². The Labute approximate surface area is 90.5 Å². The van der Waals surface area contributed by atoms with Gasteiger partial charge in [-0.1, -0.05) is 46.3 Å². The van der Waals surface area contributed by atoms with Crippen LogP contribution < -0.4 is 0 Å². The smallest absolute Gasteiger partial charge is 0.131 e. The van der Waals surface area contributed by atoms with Gasteiger partial charge in [0.25, 0.3) is 0 Å². The average Bonchev–Trinajstić information content (AvgIpc) is 2.18. The van der Waals surface area contributed by atoms with E-state index in [-0.39, 0.29) is 5.82 Å². The molecule has 2 heteroatoms. The lowest BCUT2D eigenvalue weighted by Gasteiger charge is -2.02. The molecule has 14 heavy (non-hydrogen) atoms. The molecular formula is C12H7BrF. The number of hydrogen-bond acceptors (Lipinski definition) is 0. The zero-order chi connectivity index (χ0) is 9.97. The van der Waals surface area contributed by atoms with Crippen molar-refractivity contribution in [2.24, 2.45) is 0 Å². The summed E-state index contributed by atoms with van der Waals surface area (Å²) in [4.78, 5) is 0. The van der Waals surface area contributed by atoms with Gasteiger partial charge < -0.3 is 0 Å². The number of rotatable bonds is 1. The lowest BCUT2D eigenvalue weighted by molar-refractivity contribution is 0.631. The van der Waals surface area contributed by atoms with Gasteiger partial charge in [-0.2, -0.15) is 0 Å². The van der Waals surface area contributed by atoms with Gasteiger partial charge >= 0.3 is 0 Å². The molecule has 2 rings (SSSR count). The first-order valence-electron chi connectivity index (χ1n) is 4.19. The first-order chi connectivity index (χ1) is 6.77. The highest BCUT2D eigenvalue weighted by Gasteiger charge is 2.03. The Morgan fingerprint density at radius 1 is 1.14 bits per heavy atom. The highest BCUT2D eigenvalue weighted by Crippen LogP contribution is 2.24. The quantitative estimate of drug-likeness (QED) is 0.716. The van der Waals surface area contributed by atoms with E-state index in [4.69, 9.17) is 0 Å². The van der Waals surface area contributed by atoms with Gasteiger partial charge in [-0.05, 0) is 23.8 Å². The zero-order valence-electron chi connectivity index (χ0n) is 7.30. The molecule has 0 nitrogen and oxygen atoms in total. The van der Waals surface area contributed by atoms with Crippen molar-refractivity contribution in [3.63, 3.8) is 0 Å². The van der Waals surface area contributed by atoms with Crippen LogP contribution >= 0.6 is 15.9 Å². The second kappa shape index (κ2) is 3.93. The van der Waals surface area contributed by atoms with Gasteiger partial charge in [0.2, 0.25) is 0 Å². The van der Waals surface area contributed by atoms with E-state index in [1.807, 2.05) is 18.2 Å². The monoisotopic (exact) mass is 249 g/mol. The summed E-state index contributed by atoms with van der Waals surface area (Å²) in [7, 11) is 0. The van der Waals surface area contributed by atoms with Gasteiger partial charge in [0.15, 0.2) is 0 Å². The Bertz CT molecular complexity index is 452. The SMILES string of the molecule is Fc1ccccc1-c1cc[c]c(Br)c1. The lowest BCUT2D eigenvalue weighted by Crippen LogP contribution is -1.82. The molecule has 0 unspecified atom stereocenters. The Balaban J connectivity index is 2.55. The Morgan fingerprint density at radius 2 is 1.93 bits per heavy atom. The van der Waals surface area contributed by atoms with Gasteiger partial charge in [-0.25, -0.2) is 4.39 Å². The summed E-state index contributed by atoms with van der Waals surface area (Å²) in [5.41, 5.74) is 1.47. The maximum Gasteiger partial charge on any atom is 0.131 e. The van der Waals surface area contributed by atoms with Crippen LogP contribution in [0, 0.1) is 11.9 Å². The molecule has 0 heterocycles. The van der Waals surface area contributed by atoms with E-state index in [9.17, 15) is 4.39 Å². The molecule has 0 saturated carbocycles. The summed E-state index contributed by atoms with van der Waals surface area (Å²) in [6, 6.07) is 15.1. The summed E-state index contributed by atoms with van der Waals surface area (Å²) in [5, 5.41) is 0. The number of benzene rings is 2. The molecule has 0 amide bonds. The number of hydrogen-bond donors (Lipinski definition) is 0. The van der Waals surface area contributed by atoms with Crippen molar-refractivity contribution in [3.05, 3.63) is 58.8 Å². The van der Waals surface area contributed by atoms with Crippen molar-refractivity contribution in [1.82, 2.24) is 0 Å². The van der Waals surface area contributed by atoms with Crippen molar-refractivity contribution < 1.29 is 4.39 Å². The second-order valence-electron chi connectivity index (χ2n) is 2.91. The molecule has 0 aromatic heterocycles. The van der Waals surface area contributed by atoms with Crippen molar-refractivity contribution in [2.75, 3.05) is 0 Å². The van der Waals surface area contributed by atoms with Gasteiger partial charge in [0.1, 0.15) is 5.82 Å². The molecule has 0 atom stereocenters. The van der Waals surface area contributed by atoms with Gasteiger partial charge in [0.05, 0.1) is 0 Å². The normalized spacial score (nSPS) is 10.1. The lowest BCUT2D eigenvalue weighted by atomic mass is 10.1. The molecule has 0 spiro atoms. The first kappa shape index (κ1) is 9.41. The Kier molecular flexibility index (Phi) is 2.64. The highest BCUT2D eigenvalue weighted by molar-refractivity contribution is 9.10. The fourth-order valence-corrected chi connectivity index (χ4v) is 1.68. The third kappa shape index (κ3) is 1.85. The Morgan fingerprint density at radius 3 is 2.64 bits per heavy atom. The van der Waals surface area contributed by atoms with Gasteiger partial charge in [-0.15, -0.1) is 0 Å². The molecule has 0 aliphatic heterocycles. The van der Waals surface area contributed by atoms with Crippen molar-refractivity contribution in [1.29, 1.82) is 0 Å². The average molecular weight is 250 g/mol. The third-order valence-corrected chi connectivity index (χ3v) is 2.41. The first-order valence-corrected chi connectivity index (χ1v) is 4.99. The zero-order valence-corrected chi connectivity index (χ0v) is 8.88. The predicted octanol–water partition coefficient (Wildman–Crippen LogP) is 4.06. The van der Waals surface area contributed by atoms with Crippen LogP contribution in [-0.2, 0) is 0 Å². The van der Waals surface area contributed by atoms with Crippen LogP contribution in [-0.4, -0.2) is 0 Å². The molecule has 0 N–H and O–H groups in total. The maximum atomic E-state index is 13.4. The standard InChI is InChI=1S/C12H7BrF/c13-10-5-3-4-9(8-10)11-6-1-2-7-12(11)14/h1-4,6-8H. The second-order valence-corrected chi connectivity index (χ2v) is 3.76. The van der Waals surface area contributed by atoms with Crippen LogP contribution in [0.4, 0.5) is 4.39 Å². The molecule has 69 valence electrons. The van der Waals surface area contributed by atoms with Crippen LogP contribution in [0.2, 0.25) is 0 Å². The number of halogens is 2. The van der Waals surface area contributed by atoms with Crippen LogP contribution in [0.1, 0.15) is 0 Å². The molecule has 0 bridgehead atoms. The molecule has 0 aliphatic carbocycles. The summed E-state index contributed by atoms with van der Waals surface area (Å²) in [6.07, 6.45) is 0.